The first-order valence-electron chi connectivity index (χ1n) is 19.3. The van der Waals surface area contributed by atoms with Gasteiger partial charge in [0.25, 0.3) is 5.91 Å². The minimum absolute atomic E-state index is 0.0176. The Morgan fingerprint density at radius 1 is 0.947 bits per heavy atom. The first kappa shape index (κ1) is 39.9. The van der Waals surface area contributed by atoms with E-state index in [1.54, 1.807) is 32.9 Å². The molecule has 2 aliphatic rings. The molecule has 1 fully saturated rings. The van der Waals surface area contributed by atoms with Crippen LogP contribution in [0.4, 0.5) is 24.1 Å². The van der Waals surface area contributed by atoms with Gasteiger partial charge in [-0.05, 0) is 124 Å². The molecule has 0 bridgehead atoms. The summed E-state index contributed by atoms with van der Waals surface area (Å²) in [6, 6.07) is 20.1. The molecule has 1 N–H and O–H groups in total. The second-order valence-electron chi connectivity index (χ2n) is 15.7. The SMILES string of the molecule is CC(C)(C)OC(=O)c1nc(N2CCc3cccc(C(=O)Nc4nc5ccccc5s4)c3C2)ccc1-c1ccc(OC2CCC(CCCC=O)CC2)cc1C(F)(F)F. The molecule has 0 spiro atoms. The molecule has 9 nitrogen and oxygen atoms in total. The number of benzene rings is 3. The second-order valence-corrected chi connectivity index (χ2v) is 16.7. The molecule has 1 amide bonds. The quantitative estimate of drug-likeness (QED) is 0.0799. The Kier molecular flexibility index (Phi) is 11.7. The summed E-state index contributed by atoms with van der Waals surface area (Å²) in [4.78, 5) is 49.3. The van der Waals surface area contributed by atoms with Gasteiger partial charge in [-0.15, -0.1) is 0 Å². The lowest BCUT2D eigenvalue weighted by Gasteiger charge is -2.31. The van der Waals surface area contributed by atoms with Crippen LogP contribution in [0, 0.1) is 5.92 Å². The van der Waals surface area contributed by atoms with Crippen LogP contribution >= 0.6 is 11.3 Å². The Bertz CT molecular complexity index is 2240. The number of carbonyl (C=O) groups excluding carboxylic acids is 3. The second kappa shape index (κ2) is 16.7. The number of hydrogen-bond acceptors (Lipinski definition) is 9. The van der Waals surface area contributed by atoms with Gasteiger partial charge in [0.05, 0.1) is 21.9 Å². The summed E-state index contributed by atoms with van der Waals surface area (Å²) >= 11 is 1.38. The number of thiazole rings is 1. The third-order valence-electron chi connectivity index (χ3n) is 10.4. The van der Waals surface area contributed by atoms with E-state index in [9.17, 15) is 27.6 Å². The molecule has 3 aromatic carbocycles. The predicted molar refractivity (Wildman–Crippen MR) is 215 cm³/mol. The molecule has 298 valence electrons. The smallest absolute Gasteiger partial charge is 0.417 e. The van der Waals surface area contributed by atoms with Gasteiger partial charge in [-0.2, -0.15) is 13.2 Å². The average molecular weight is 799 g/mol. The number of halogens is 3. The zero-order valence-electron chi connectivity index (χ0n) is 32.2. The number of pyridine rings is 1. The Balaban J connectivity index is 1.16. The third-order valence-corrected chi connectivity index (χ3v) is 11.4. The van der Waals surface area contributed by atoms with Crippen molar-refractivity contribution in [2.75, 3.05) is 16.8 Å². The van der Waals surface area contributed by atoms with Gasteiger partial charge in [-0.1, -0.05) is 48.1 Å². The highest BCUT2D eigenvalue weighted by atomic mass is 32.1. The number of fused-ring (bicyclic) bond motifs is 2. The Labute approximate surface area is 333 Å². The molecular weight excluding hydrogens is 754 g/mol. The Morgan fingerprint density at radius 2 is 1.72 bits per heavy atom. The highest BCUT2D eigenvalue weighted by Gasteiger charge is 2.37. The highest BCUT2D eigenvalue weighted by Crippen LogP contribution is 2.42. The van der Waals surface area contributed by atoms with Crippen LogP contribution in [0.3, 0.4) is 0 Å². The summed E-state index contributed by atoms with van der Waals surface area (Å²) in [5.74, 6) is -0.214. The zero-order valence-corrected chi connectivity index (χ0v) is 33.0. The van der Waals surface area contributed by atoms with Crippen LogP contribution in [-0.4, -0.2) is 46.4 Å². The van der Waals surface area contributed by atoms with Crippen LogP contribution in [0.25, 0.3) is 21.3 Å². The number of carbonyl (C=O) groups is 3. The molecule has 2 aromatic heterocycles. The van der Waals surface area contributed by atoms with Crippen molar-refractivity contribution < 1.29 is 37.0 Å². The summed E-state index contributed by atoms with van der Waals surface area (Å²) in [5, 5.41) is 3.42. The molecular formula is C44H45F3N4O5S. The van der Waals surface area contributed by atoms with E-state index in [0.717, 1.165) is 72.2 Å². The maximum atomic E-state index is 14.8. The maximum absolute atomic E-state index is 14.8. The van der Waals surface area contributed by atoms with Crippen molar-refractivity contribution in [2.45, 2.75) is 96.6 Å². The van der Waals surface area contributed by atoms with E-state index in [-0.39, 0.29) is 41.1 Å². The summed E-state index contributed by atoms with van der Waals surface area (Å²) in [6.45, 7) is 5.82. The summed E-state index contributed by atoms with van der Waals surface area (Å²) in [6.07, 6.45) is 2.09. The molecule has 57 heavy (non-hydrogen) atoms. The van der Waals surface area contributed by atoms with E-state index in [1.165, 1.54) is 29.5 Å². The van der Waals surface area contributed by atoms with E-state index >= 15 is 0 Å². The summed E-state index contributed by atoms with van der Waals surface area (Å²) in [5.41, 5.74) is 0.667. The molecule has 7 rings (SSSR count). The van der Waals surface area contributed by atoms with E-state index in [1.807, 2.05) is 41.3 Å². The van der Waals surface area contributed by atoms with Gasteiger partial charge >= 0.3 is 12.1 Å². The molecule has 1 aliphatic heterocycles. The lowest BCUT2D eigenvalue weighted by molar-refractivity contribution is -0.137. The van der Waals surface area contributed by atoms with Gasteiger partial charge in [0.2, 0.25) is 0 Å². The minimum Gasteiger partial charge on any atom is -0.490 e. The number of aldehydes is 1. The van der Waals surface area contributed by atoms with Gasteiger partial charge in [-0.3, -0.25) is 10.1 Å². The zero-order chi connectivity index (χ0) is 40.3. The van der Waals surface area contributed by atoms with Crippen molar-refractivity contribution in [2.24, 2.45) is 5.92 Å². The number of hydrogen-bond donors (Lipinski definition) is 1. The third kappa shape index (κ3) is 9.47. The first-order chi connectivity index (χ1) is 27.3. The molecule has 1 aliphatic carbocycles. The van der Waals surface area contributed by atoms with Gasteiger partial charge < -0.3 is 19.2 Å². The molecule has 0 atom stereocenters. The molecule has 3 heterocycles. The normalized spacial score (nSPS) is 17.2. The fourth-order valence-corrected chi connectivity index (χ4v) is 8.55. The van der Waals surface area contributed by atoms with Crippen LogP contribution in [0.15, 0.2) is 72.8 Å². The van der Waals surface area contributed by atoms with Crippen LogP contribution in [-0.2, 0) is 28.7 Å². The number of unbranched alkanes of at least 4 members (excludes halogenated alkanes) is 1. The fraction of sp³-hybridized carbons (Fsp3) is 0.386. The Morgan fingerprint density at radius 3 is 2.46 bits per heavy atom. The fourth-order valence-electron chi connectivity index (χ4n) is 7.69. The van der Waals surface area contributed by atoms with E-state index < -0.39 is 23.3 Å². The van der Waals surface area contributed by atoms with Gasteiger partial charge in [0.15, 0.2) is 10.8 Å². The van der Waals surface area contributed by atoms with Crippen molar-refractivity contribution in [3.8, 4) is 16.9 Å². The standard InChI is InChI=1S/C44H45F3N4O5S/c1-43(2,3)56-41(54)39-32(31-19-18-30(25-35(31)44(45,46)47)55-29-16-14-27(15-17-29)9-6-7-24-52)20-21-38(49-39)51-23-22-28-10-8-11-33(34(28)26-51)40(53)50-42-48-36-12-4-5-13-37(36)57-42/h4-5,8,10-13,18-21,24-25,27,29H,6-7,9,14-17,22-23,26H2,1-3H3,(H,48,50,53). The number of esters is 1. The number of amides is 1. The number of rotatable bonds is 11. The molecule has 1 saturated carbocycles. The van der Waals surface area contributed by atoms with Crippen molar-refractivity contribution in [1.82, 2.24) is 9.97 Å². The van der Waals surface area contributed by atoms with Crippen molar-refractivity contribution in [3.05, 3.63) is 101 Å². The van der Waals surface area contributed by atoms with Gasteiger partial charge in [0.1, 0.15) is 23.5 Å². The average Bonchev–Trinajstić information content (AvgIpc) is 3.59. The van der Waals surface area contributed by atoms with Gasteiger partial charge in [-0.25, -0.2) is 14.8 Å². The first-order valence-corrected chi connectivity index (χ1v) is 20.2. The predicted octanol–water partition coefficient (Wildman–Crippen LogP) is 10.5. The van der Waals surface area contributed by atoms with Crippen molar-refractivity contribution in [3.63, 3.8) is 0 Å². The lowest BCUT2D eigenvalue weighted by atomic mass is 9.84. The highest BCUT2D eigenvalue weighted by molar-refractivity contribution is 7.22. The summed E-state index contributed by atoms with van der Waals surface area (Å²) < 4.78 is 57.3. The maximum Gasteiger partial charge on any atom is 0.417 e. The molecule has 0 unspecified atom stereocenters. The minimum atomic E-state index is -4.77. The Hall–Kier alpha value is -5.30. The van der Waals surface area contributed by atoms with E-state index in [0.29, 0.717) is 41.8 Å². The summed E-state index contributed by atoms with van der Waals surface area (Å²) in [7, 11) is 0. The van der Waals surface area contributed by atoms with Crippen molar-refractivity contribution >= 4 is 50.7 Å². The topological polar surface area (TPSA) is 111 Å². The van der Waals surface area contributed by atoms with Gasteiger partial charge in [0, 0.05) is 30.6 Å². The number of anilines is 2. The largest absolute Gasteiger partial charge is 0.490 e. The van der Waals surface area contributed by atoms with Crippen LogP contribution in [0.1, 0.15) is 103 Å². The number of aromatic nitrogens is 2. The van der Waals surface area contributed by atoms with Crippen LogP contribution in [0.2, 0.25) is 0 Å². The molecule has 13 heteroatoms. The number of alkyl halides is 3. The molecule has 5 aromatic rings. The number of nitrogens with one attached hydrogen (secondary N) is 1. The molecule has 0 radical (unpaired) electrons. The monoisotopic (exact) mass is 798 g/mol. The van der Waals surface area contributed by atoms with E-state index in [2.05, 4.69) is 10.3 Å². The number of nitrogens with zero attached hydrogens (tertiary/aromatic N) is 3. The number of para-hydroxylation sites is 1. The van der Waals surface area contributed by atoms with Crippen molar-refractivity contribution in [1.29, 1.82) is 0 Å². The van der Waals surface area contributed by atoms with Crippen LogP contribution < -0.4 is 15.0 Å². The molecule has 0 saturated heterocycles. The van der Waals surface area contributed by atoms with Crippen LogP contribution in [0.5, 0.6) is 5.75 Å². The van der Waals surface area contributed by atoms with E-state index in [4.69, 9.17) is 14.5 Å². The lowest BCUT2D eigenvalue weighted by Crippen LogP contribution is -2.33. The number of ether oxygens (including phenoxy) is 2.